The molecule has 0 amide bonds. The molecule has 0 bridgehead atoms. The monoisotopic (exact) mass is 187 g/mol. The standard InChI is InChI=1S/C9H9N5/c10-1-8-9(2-11)14(6-13-8)5-7-3-12-4-7/h6-7,12H,3-5H2. The summed E-state index contributed by atoms with van der Waals surface area (Å²) in [5.41, 5.74) is 0.596. The van der Waals surface area contributed by atoms with Gasteiger partial charge in [-0.05, 0) is 0 Å². The number of nitrogens with zero attached hydrogens (tertiary/aromatic N) is 4. The van der Waals surface area contributed by atoms with Gasteiger partial charge in [-0.25, -0.2) is 4.98 Å². The van der Waals surface area contributed by atoms with Gasteiger partial charge in [-0.15, -0.1) is 0 Å². The highest BCUT2D eigenvalue weighted by atomic mass is 15.1. The Morgan fingerprint density at radius 1 is 1.50 bits per heavy atom. The van der Waals surface area contributed by atoms with Crippen LogP contribution in [0.3, 0.4) is 0 Å². The van der Waals surface area contributed by atoms with E-state index in [9.17, 15) is 0 Å². The zero-order chi connectivity index (χ0) is 9.97. The summed E-state index contributed by atoms with van der Waals surface area (Å²) in [7, 11) is 0. The highest BCUT2D eigenvalue weighted by molar-refractivity contribution is 5.36. The van der Waals surface area contributed by atoms with Crippen LogP contribution in [0.2, 0.25) is 0 Å². The van der Waals surface area contributed by atoms with Crippen molar-refractivity contribution in [1.29, 1.82) is 10.5 Å². The fourth-order valence-electron chi connectivity index (χ4n) is 1.48. The first-order valence-corrected chi connectivity index (χ1v) is 4.41. The second-order valence-corrected chi connectivity index (χ2v) is 3.34. The Morgan fingerprint density at radius 2 is 2.29 bits per heavy atom. The Balaban J connectivity index is 2.21. The number of aromatic nitrogens is 2. The summed E-state index contributed by atoms with van der Waals surface area (Å²) in [5.74, 6) is 0.558. The largest absolute Gasteiger partial charge is 0.321 e. The van der Waals surface area contributed by atoms with Gasteiger partial charge >= 0.3 is 0 Å². The third-order valence-electron chi connectivity index (χ3n) is 2.37. The van der Waals surface area contributed by atoms with E-state index in [2.05, 4.69) is 10.3 Å². The van der Waals surface area contributed by atoms with E-state index < -0.39 is 0 Å². The molecule has 1 aliphatic rings. The first-order chi connectivity index (χ1) is 6.85. The lowest BCUT2D eigenvalue weighted by Gasteiger charge is -2.27. The topological polar surface area (TPSA) is 77.4 Å². The van der Waals surface area contributed by atoms with Gasteiger partial charge in [0, 0.05) is 25.6 Å². The molecule has 5 heteroatoms. The second-order valence-electron chi connectivity index (χ2n) is 3.34. The van der Waals surface area contributed by atoms with Crippen molar-refractivity contribution in [3.8, 4) is 12.1 Å². The Labute approximate surface area is 81.6 Å². The van der Waals surface area contributed by atoms with Crippen LogP contribution >= 0.6 is 0 Å². The quantitative estimate of drug-likeness (QED) is 0.698. The van der Waals surface area contributed by atoms with Crippen LogP contribution in [0.25, 0.3) is 0 Å². The summed E-state index contributed by atoms with van der Waals surface area (Å²) in [5, 5.41) is 20.7. The molecule has 0 aromatic carbocycles. The number of hydrogen-bond acceptors (Lipinski definition) is 4. The Hall–Kier alpha value is -1.85. The molecule has 1 aliphatic heterocycles. The number of imidazole rings is 1. The third kappa shape index (κ3) is 1.34. The van der Waals surface area contributed by atoms with Gasteiger partial charge < -0.3 is 9.88 Å². The summed E-state index contributed by atoms with van der Waals surface area (Å²) in [4.78, 5) is 3.88. The van der Waals surface area contributed by atoms with Crippen molar-refractivity contribution >= 4 is 0 Å². The molecule has 5 nitrogen and oxygen atoms in total. The van der Waals surface area contributed by atoms with Crippen LogP contribution in [0.4, 0.5) is 0 Å². The smallest absolute Gasteiger partial charge is 0.176 e. The fourth-order valence-corrected chi connectivity index (χ4v) is 1.48. The molecule has 0 radical (unpaired) electrons. The maximum Gasteiger partial charge on any atom is 0.176 e. The van der Waals surface area contributed by atoms with Crippen LogP contribution in [0.15, 0.2) is 6.33 Å². The number of hydrogen-bond donors (Lipinski definition) is 1. The summed E-state index contributed by atoms with van der Waals surface area (Å²) in [6.45, 7) is 2.72. The molecular formula is C9H9N5. The van der Waals surface area contributed by atoms with Crippen LogP contribution in [-0.2, 0) is 6.54 Å². The van der Waals surface area contributed by atoms with Crippen LogP contribution in [0.1, 0.15) is 11.4 Å². The van der Waals surface area contributed by atoms with E-state index in [1.54, 1.807) is 10.9 Å². The van der Waals surface area contributed by atoms with Gasteiger partial charge in [0.1, 0.15) is 12.1 Å². The van der Waals surface area contributed by atoms with Crippen molar-refractivity contribution in [3.63, 3.8) is 0 Å². The average molecular weight is 187 g/mol. The van der Waals surface area contributed by atoms with E-state index in [1.807, 2.05) is 12.1 Å². The van der Waals surface area contributed by atoms with Crippen LogP contribution in [0.5, 0.6) is 0 Å². The lowest BCUT2D eigenvalue weighted by molar-refractivity contribution is 0.306. The zero-order valence-electron chi connectivity index (χ0n) is 7.56. The van der Waals surface area contributed by atoms with Gasteiger partial charge in [-0.2, -0.15) is 10.5 Å². The molecule has 0 unspecified atom stereocenters. The normalized spacial score (nSPS) is 15.6. The molecule has 2 heterocycles. The van der Waals surface area contributed by atoms with Crippen molar-refractivity contribution in [2.75, 3.05) is 13.1 Å². The predicted molar refractivity (Wildman–Crippen MR) is 48.0 cm³/mol. The van der Waals surface area contributed by atoms with Gasteiger partial charge in [0.05, 0.1) is 6.33 Å². The molecule has 0 spiro atoms. The molecule has 1 aromatic rings. The van der Waals surface area contributed by atoms with E-state index in [4.69, 9.17) is 10.5 Å². The molecule has 0 atom stereocenters. The lowest BCUT2D eigenvalue weighted by Crippen LogP contribution is -2.44. The summed E-state index contributed by atoms with van der Waals surface area (Å²) in [6.07, 6.45) is 1.56. The van der Waals surface area contributed by atoms with Crippen molar-refractivity contribution in [2.24, 2.45) is 5.92 Å². The van der Waals surface area contributed by atoms with E-state index in [-0.39, 0.29) is 5.69 Å². The highest BCUT2D eigenvalue weighted by Crippen LogP contribution is 2.11. The van der Waals surface area contributed by atoms with Crippen molar-refractivity contribution in [2.45, 2.75) is 6.54 Å². The van der Waals surface area contributed by atoms with E-state index >= 15 is 0 Å². The van der Waals surface area contributed by atoms with Gasteiger partial charge in [0.25, 0.3) is 0 Å². The minimum Gasteiger partial charge on any atom is -0.321 e. The summed E-state index contributed by atoms with van der Waals surface area (Å²) >= 11 is 0. The maximum atomic E-state index is 8.85. The second kappa shape index (κ2) is 3.49. The Kier molecular flexibility index (Phi) is 2.18. The van der Waals surface area contributed by atoms with Gasteiger partial charge in [-0.3, -0.25) is 0 Å². The SMILES string of the molecule is N#Cc1ncn(CC2CNC2)c1C#N. The molecule has 1 fully saturated rings. The average Bonchev–Trinajstić information content (AvgIpc) is 2.53. The molecule has 1 N–H and O–H groups in total. The van der Waals surface area contributed by atoms with E-state index in [0.29, 0.717) is 11.6 Å². The van der Waals surface area contributed by atoms with Crippen LogP contribution in [0, 0.1) is 28.6 Å². The van der Waals surface area contributed by atoms with Crippen LogP contribution < -0.4 is 5.32 Å². The van der Waals surface area contributed by atoms with Gasteiger partial charge in [-0.1, -0.05) is 0 Å². The maximum absolute atomic E-state index is 8.85. The predicted octanol–water partition coefficient (Wildman–Crippen LogP) is -0.154. The molecule has 0 aliphatic carbocycles. The molecular weight excluding hydrogens is 178 g/mol. The van der Waals surface area contributed by atoms with Crippen LogP contribution in [-0.4, -0.2) is 22.6 Å². The zero-order valence-corrected chi connectivity index (χ0v) is 7.56. The van der Waals surface area contributed by atoms with Gasteiger partial charge in [0.2, 0.25) is 0 Å². The lowest BCUT2D eigenvalue weighted by atomic mass is 10.0. The fraction of sp³-hybridized carbons (Fsp3) is 0.444. The van der Waals surface area contributed by atoms with Gasteiger partial charge in [0.15, 0.2) is 11.4 Å². The molecule has 1 aromatic heterocycles. The Morgan fingerprint density at radius 3 is 2.79 bits per heavy atom. The first-order valence-electron chi connectivity index (χ1n) is 4.41. The Bertz CT molecular complexity index is 415. The molecule has 70 valence electrons. The minimum atomic E-state index is 0.222. The minimum absolute atomic E-state index is 0.222. The number of nitriles is 2. The summed E-state index contributed by atoms with van der Waals surface area (Å²) < 4.78 is 1.75. The van der Waals surface area contributed by atoms with E-state index in [1.165, 1.54) is 0 Å². The first kappa shape index (κ1) is 8.74. The highest BCUT2D eigenvalue weighted by Gasteiger charge is 2.19. The number of nitrogens with one attached hydrogen (secondary N) is 1. The number of rotatable bonds is 2. The van der Waals surface area contributed by atoms with Crippen molar-refractivity contribution < 1.29 is 0 Å². The molecule has 14 heavy (non-hydrogen) atoms. The van der Waals surface area contributed by atoms with E-state index in [0.717, 1.165) is 19.6 Å². The van der Waals surface area contributed by atoms with Crippen molar-refractivity contribution in [1.82, 2.24) is 14.9 Å². The third-order valence-corrected chi connectivity index (χ3v) is 2.37. The molecule has 2 rings (SSSR count). The molecule has 1 saturated heterocycles. The molecule has 0 saturated carbocycles. The van der Waals surface area contributed by atoms with Crippen molar-refractivity contribution in [3.05, 3.63) is 17.7 Å². The summed E-state index contributed by atoms with van der Waals surface area (Å²) in [6, 6.07) is 3.91.